The fourth-order valence-electron chi connectivity index (χ4n) is 3.07. The Morgan fingerprint density at radius 2 is 1.95 bits per heavy atom. The average molecular weight is 288 g/mol. The second-order valence-corrected chi connectivity index (χ2v) is 6.12. The first-order valence-electron chi connectivity index (χ1n) is 8.37. The van der Waals surface area contributed by atoms with E-state index in [2.05, 4.69) is 24.5 Å². The van der Waals surface area contributed by atoms with Crippen molar-refractivity contribution in [3.05, 3.63) is 29.8 Å². The van der Waals surface area contributed by atoms with Crippen molar-refractivity contribution >= 4 is 11.6 Å². The molecule has 0 heterocycles. The number of carbonyl (C=O) groups is 1. The summed E-state index contributed by atoms with van der Waals surface area (Å²) >= 11 is 0. The molecule has 2 atom stereocenters. The van der Waals surface area contributed by atoms with Crippen LogP contribution in [0.5, 0.6) is 0 Å². The van der Waals surface area contributed by atoms with E-state index in [1.807, 2.05) is 24.3 Å². The molecule has 1 aromatic carbocycles. The van der Waals surface area contributed by atoms with E-state index in [0.29, 0.717) is 6.04 Å². The minimum atomic E-state index is 0.0683. The summed E-state index contributed by atoms with van der Waals surface area (Å²) in [5, 5.41) is 6.53. The third-order valence-electron chi connectivity index (χ3n) is 4.42. The average Bonchev–Trinajstić information content (AvgIpc) is 2.53. The van der Waals surface area contributed by atoms with E-state index in [0.717, 1.165) is 43.0 Å². The van der Waals surface area contributed by atoms with Crippen LogP contribution in [0.2, 0.25) is 0 Å². The Bertz CT molecular complexity index is 441. The molecule has 0 spiro atoms. The lowest BCUT2D eigenvalue weighted by Gasteiger charge is -2.29. The standard InChI is InChI=1S/C18H28N2O/c1-3-12-19-16-10-8-15(9-11-16)18(21)20-17-7-5-6-14(4-2)13-17/h8-11,14,17,19H,3-7,12-13H2,1-2H3,(H,20,21). The Morgan fingerprint density at radius 3 is 2.62 bits per heavy atom. The van der Waals surface area contributed by atoms with E-state index < -0.39 is 0 Å². The second-order valence-electron chi connectivity index (χ2n) is 6.12. The van der Waals surface area contributed by atoms with Crippen molar-refractivity contribution in [3.63, 3.8) is 0 Å². The fraction of sp³-hybridized carbons (Fsp3) is 0.611. The van der Waals surface area contributed by atoms with Crippen LogP contribution in [0.1, 0.15) is 62.7 Å². The van der Waals surface area contributed by atoms with Crippen molar-refractivity contribution in [1.82, 2.24) is 5.32 Å². The lowest BCUT2D eigenvalue weighted by Crippen LogP contribution is -2.38. The summed E-state index contributed by atoms with van der Waals surface area (Å²) < 4.78 is 0. The Morgan fingerprint density at radius 1 is 1.19 bits per heavy atom. The maximum absolute atomic E-state index is 12.3. The fourth-order valence-corrected chi connectivity index (χ4v) is 3.07. The maximum atomic E-state index is 12.3. The van der Waals surface area contributed by atoms with Gasteiger partial charge in [-0.05, 0) is 49.4 Å². The highest BCUT2D eigenvalue weighted by molar-refractivity contribution is 5.94. The Hall–Kier alpha value is -1.51. The van der Waals surface area contributed by atoms with Gasteiger partial charge in [-0.25, -0.2) is 0 Å². The molecular formula is C18H28N2O. The van der Waals surface area contributed by atoms with Crippen LogP contribution in [-0.2, 0) is 0 Å². The van der Waals surface area contributed by atoms with Gasteiger partial charge < -0.3 is 10.6 Å². The molecule has 0 saturated heterocycles. The summed E-state index contributed by atoms with van der Waals surface area (Å²) in [4.78, 5) is 12.3. The lowest BCUT2D eigenvalue weighted by molar-refractivity contribution is 0.0919. The zero-order chi connectivity index (χ0) is 15.1. The van der Waals surface area contributed by atoms with Crippen molar-refractivity contribution in [2.75, 3.05) is 11.9 Å². The highest BCUT2D eigenvalue weighted by Crippen LogP contribution is 2.26. The van der Waals surface area contributed by atoms with E-state index in [4.69, 9.17) is 0 Å². The quantitative estimate of drug-likeness (QED) is 0.823. The van der Waals surface area contributed by atoms with E-state index in [1.54, 1.807) is 0 Å². The van der Waals surface area contributed by atoms with Gasteiger partial charge in [0.2, 0.25) is 0 Å². The molecule has 0 aliphatic heterocycles. The molecule has 0 aromatic heterocycles. The zero-order valence-corrected chi connectivity index (χ0v) is 13.3. The van der Waals surface area contributed by atoms with Crippen LogP contribution in [0.25, 0.3) is 0 Å². The van der Waals surface area contributed by atoms with Gasteiger partial charge in [0.15, 0.2) is 0 Å². The van der Waals surface area contributed by atoms with Gasteiger partial charge in [0.25, 0.3) is 5.91 Å². The third kappa shape index (κ3) is 4.76. The first-order chi connectivity index (χ1) is 10.2. The number of nitrogens with one attached hydrogen (secondary N) is 2. The predicted octanol–water partition coefficient (Wildman–Crippen LogP) is 4.21. The number of hydrogen-bond acceptors (Lipinski definition) is 2. The van der Waals surface area contributed by atoms with Crippen LogP contribution < -0.4 is 10.6 Å². The van der Waals surface area contributed by atoms with E-state index in [9.17, 15) is 4.79 Å². The molecule has 2 unspecified atom stereocenters. The van der Waals surface area contributed by atoms with E-state index >= 15 is 0 Å². The summed E-state index contributed by atoms with van der Waals surface area (Å²) in [6.45, 7) is 5.35. The molecule has 1 aromatic rings. The summed E-state index contributed by atoms with van der Waals surface area (Å²) in [5.41, 5.74) is 1.84. The smallest absolute Gasteiger partial charge is 0.251 e. The molecule has 2 N–H and O–H groups in total. The van der Waals surface area contributed by atoms with Gasteiger partial charge in [-0.1, -0.05) is 33.1 Å². The molecule has 2 rings (SSSR count). The van der Waals surface area contributed by atoms with Crippen LogP contribution in [-0.4, -0.2) is 18.5 Å². The maximum Gasteiger partial charge on any atom is 0.251 e. The number of hydrogen-bond donors (Lipinski definition) is 2. The largest absolute Gasteiger partial charge is 0.385 e. The van der Waals surface area contributed by atoms with Gasteiger partial charge in [0.1, 0.15) is 0 Å². The zero-order valence-electron chi connectivity index (χ0n) is 13.3. The second kappa shape index (κ2) is 8.06. The van der Waals surface area contributed by atoms with Crippen molar-refractivity contribution in [2.45, 2.75) is 58.4 Å². The molecule has 21 heavy (non-hydrogen) atoms. The molecule has 1 amide bonds. The van der Waals surface area contributed by atoms with Gasteiger partial charge in [-0.2, -0.15) is 0 Å². The van der Waals surface area contributed by atoms with E-state index in [-0.39, 0.29) is 5.91 Å². The van der Waals surface area contributed by atoms with Crippen LogP contribution in [0, 0.1) is 5.92 Å². The summed E-state index contributed by atoms with van der Waals surface area (Å²) in [7, 11) is 0. The number of anilines is 1. The van der Waals surface area contributed by atoms with Gasteiger partial charge in [-0.15, -0.1) is 0 Å². The van der Waals surface area contributed by atoms with Gasteiger partial charge in [-0.3, -0.25) is 4.79 Å². The van der Waals surface area contributed by atoms with Crippen molar-refractivity contribution in [2.24, 2.45) is 5.92 Å². The molecule has 1 fully saturated rings. The predicted molar refractivity (Wildman–Crippen MR) is 88.7 cm³/mol. The van der Waals surface area contributed by atoms with E-state index in [1.165, 1.54) is 19.3 Å². The minimum Gasteiger partial charge on any atom is -0.385 e. The molecule has 3 heteroatoms. The highest BCUT2D eigenvalue weighted by Gasteiger charge is 2.22. The first kappa shape index (κ1) is 15.9. The summed E-state index contributed by atoms with van der Waals surface area (Å²) in [6, 6.07) is 8.15. The third-order valence-corrected chi connectivity index (χ3v) is 4.42. The van der Waals surface area contributed by atoms with Crippen LogP contribution in [0.15, 0.2) is 24.3 Å². The Balaban J connectivity index is 1.87. The molecular weight excluding hydrogens is 260 g/mol. The van der Waals surface area contributed by atoms with Crippen molar-refractivity contribution in [3.8, 4) is 0 Å². The Labute approximate surface area is 128 Å². The van der Waals surface area contributed by atoms with Gasteiger partial charge >= 0.3 is 0 Å². The van der Waals surface area contributed by atoms with Crippen molar-refractivity contribution < 1.29 is 4.79 Å². The minimum absolute atomic E-state index is 0.0683. The molecule has 1 aliphatic rings. The number of benzene rings is 1. The Kier molecular flexibility index (Phi) is 6.09. The van der Waals surface area contributed by atoms with Gasteiger partial charge in [0.05, 0.1) is 0 Å². The highest BCUT2D eigenvalue weighted by atomic mass is 16.1. The van der Waals surface area contributed by atoms with Crippen LogP contribution in [0.3, 0.4) is 0 Å². The molecule has 1 saturated carbocycles. The number of rotatable bonds is 6. The molecule has 116 valence electrons. The topological polar surface area (TPSA) is 41.1 Å². The summed E-state index contributed by atoms with van der Waals surface area (Å²) in [6.07, 6.45) is 7.15. The van der Waals surface area contributed by atoms with Crippen LogP contribution >= 0.6 is 0 Å². The summed E-state index contributed by atoms with van der Waals surface area (Å²) in [5.74, 6) is 0.850. The number of carbonyl (C=O) groups excluding carboxylic acids is 1. The molecule has 0 bridgehead atoms. The monoisotopic (exact) mass is 288 g/mol. The molecule has 3 nitrogen and oxygen atoms in total. The number of amides is 1. The lowest BCUT2D eigenvalue weighted by atomic mass is 9.84. The first-order valence-corrected chi connectivity index (χ1v) is 8.37. The normalized spacial score (nSPS) is 21.8. The molecule has 1 aliphatic carbocycles. The van der Waals surface area contributed by atoms with Crippen LogP contribution in [0.4, 0.5) is 5.69 Å². The SMILES string of the molecule is CCCNc1ccc(C(=O)NC2CCCC(CC)C2)cc1. The van der Waals surface area contributed by atoms with Crippen molar-refractivity contribution in [1.29, 1.82) is 0 Å². The van der Waals surface area contributed by atoms with Gasteiger partial charge in [0, 0.05) is 23.8 Å². The molecule has 0 radical (unpaired) electrons.